The van der Waals surface area contributed by atoms with Gasteiger partial charge < -0.3 is 10.1 Å². The molecule has 0 aliphatic carbocycles. The molecule has 0 bridgehead atoms. The van der Waals surface area contributed by atoms with Crippen molar-refractivity contribution in [3.8, 4) is 5.75 Å². The second kappa shape index (κ2) is 6.96. The van der Waals surface area contributed by atoms with E-state index in [4.69, 9.17) is 11.6 Å². The molecule has 2 aromatic carbocycles. The lowest BCUT2D eigenvalue weighted by Crippen LogP contribution is -2.21. The van der Waals surface area contributed by atoms with E-state index in [1.54, 1.807) is 36.4 Å². The minimum absolute atomic E-state index is 0.100. The van der Waals surface area contributed by atoms with Crippen molar-refractivity contribution in [2.45, 2.75) is 12.7 Å². The van der Waals surface area contributed by atoms with Crippen LogP contribution in [0.5, 0.6) is 5.75 Å². The maximum atomic E-state index is 14.4. The maximum Gasteiger partial charge on any atom is 0.387 e. The van der Waals surface area contributed by atoms with Crippen LogP contribution in [0.1, 0.15) is 17.2 Å². The SMILES string of the molecule is Fc1ccccc1C1C=C(c2ccc(Cl)cc2OC(F)F)Nc2ncnn21. The fourth-order valence-electron chi connectivity index (χ4n) is 2.94. The monoisotopic (exact) mass is 392 g/mol. The Morgan fingerprint density at radius 2 is 2.00 bits per heavy atom. The summed E-state index contributed by atoms with van der Waals surface area (Å²) >= 11 is 5.91. The second-order valence-electron chi connectivity index (χ2n) is 5.72. The highest BCUT2D eigenvalue weighted by Gasteiger charge is 2.27. The molecule has 5 nitrogen and oxygen atoms in total. The molecule has 1 aromatic heterocycles. The van der Waals surface area contributed by atoms with Gasteiger partial charge in [-0.2, -0.15) is 18.9 Å². The Morgan fingerprint density at radius 1 is 1.19 bits per heavy atom. The van der Waals surface area contributed by atoms with Crippen LogP contribution in [0.4, 0.5) is 19.1 Å². The van der Waals surface area contributed by atoms with Gasteiger partial charge in [-0.05, 0) is 30.3 Å². The third kappa shape index (κ3) is 3.35. The zero-order valence-corrected chi connectivity index (χ0v) is 14.4. The topological polar surface area (TPSA) is 52.0 Å². The van der Waals surface area contributed by atoms with Crippen molar-refractivity contribution < 1.29 is 17.9 Å². The largest absolute Gasteiger partial charge is 0.434 e. The zero-order chi connectivity index (χ0) is 19.0. The highest BCUT2D eigenvalue weighted by molar-refractivity contribution is 6.30. The number of benzene rings is 2. The minimum Gasteiger partial charge on any atom is -0.434 e. The van der Waals surface area contributed by atoms with Gasteiger partial charge in [0.1, 0.15) is 23.9 Å². The van der Waals surface area contributed by atoms with Crippen LogP contribution in [0.15, 0.2) is 54.9 Å². The summed E-state index contributed by atoms with van der Waals surface area (Å²) in [7, 11) is 0. The second-order valence-corrected chi connectivity index (χ2v) is 6.16. The number of alkyl halides is 2. The summed E-state index contributed by atoms with van der Waals surface area (Å²) in [4.78, 5) is 4.11. The predicted octanol–water partition coefficient (Wildman–Crippen LogP) is 4.73. The third-order valence-corrected chi connectivity index (χ3v) is 4.32. The Morgan fingerprint density at radius 3 is 2.78 bits per heavy atom. The van der Waals surface area contributed by atoms with Crippen LogP contribution >= 0.6 is 11.6 Å². The van der Waals surface area contributed by atoms with E-state index < -0.39 is 18.5 Å². The number of ether oxygens (including phenoxy) is 1. The van der Waals surface area contributed by atoms with Crippen LogP contribution in [0.3, 0.4) is 0 Å². The number of nitrogens with zero attached hydrogens (tertiary/aromatic N) is 3. The summed E-state index contributed by atoms with van der Waals surface area (Å²) in [5.41, 5.74) is 1.14. The number of anilines is 1. The molecule has 0 saturated heterocycles. The average Bonchev–Trinajstić information content (AvgIpc) is 3.10. The molecule has 0 radical (unpaired) electrons. The highest BCUT2D eigenvalue weighted by atomic mass is 35.5. The summed E-state index contributed by atoms with van der Waals surface area (Å²) in [5.74, 6) is -0.170. The maximum absolute atomic E-state index is 14.4. The molecular weight excluding hydrogens is 381 g/mol. The van der Waals surface area contributed by atoms with Gasteiger partial charge >= 0.3 is 6.61 Å². The Hall–Kier alpha value is -3.00. The Kier molecular flexibility index (Phi) is 4.49. The normalized spacial score (nSPS) is 15.9. The van der Waals surface area contributed by atoms with Gasteiger partial charge in [0.25, 0.3) is 0 Å². The summed E-state index contributed by atoms with van der Waals surface area (Å²) in [5, 5.41) is 7.38. The van der Waals surface area contributed by atoms with Crippen molar-refractivity contribution in [1.29, 1.82) is 0 Å². The molecule has 1 N–H and O–H groups in total. The van der Waals surface area contributed by atoms with Gasteiger partial charge in [-0.3, -0.25) is 0 Å². The molecule has 0 fully saturated rings. The van der Waals surface area contributed by atoms with E-state index in [0.717, 1.165) is 0 Å². The van der Waals surface area contributed by atoms with Crippen molar-refractivity contribution in [3.63, 3.8) is 0 Å². The lowest BCUT2D eigenvalue weighted by atomic mass is 10.0. The van der Waals surface area contributed by atoms with E-state index in [2.05, 4.69) is 20.1 Å². The first-order chi connectivity index (χ1) is 13.0. The summed E-state index contributed by atoms with van der Waals surface area (Å²) in [6, 6.07) is 10.0. The average molecular weight is 393 g/mol. The first kappa shape index (κ1) is 17.4. The molecule has 1 aliphatic rings. The molecular formula is C18H12ClF3N4O. The summed E-state index contributed by atoms with van der Waals surface area (Å²) < 4.78 is 46.1. The van der Waals surface area contributed by atoms with Crippen molar-refractivity contribution in [1.82, 2.24) is 14.8 Å². The molecule has 0 amide bonds. The van der Waals surface area contributed by atoms with E-state index in [0.29, 0.717) is 22.8 Å². The minimum atomic E-state index is -3.02. The third-order valence-electron chi connectivity index (χ3n) is 4.08. The molecule has 27 heavy (non-hydrogen) atoms. The van der Waals surface area contributed by atoms with Crippen molar-refractivity contribution >= 4 is 23.2 Å². The fourth-order valence-corrected chi connectivity index (χ4v) is 3.10. The quantitative estimate of drug-likeness (QED) is 0.697. The van der Waals surface area contributed by atoms with Gasteiger partial charge in [0.15, 0.2) is 0 Å². The lowest BCUT2D eigenvalue weighted by Gasteiger charge is -2.25. The molecule has 0 spiro atoms. The molecule has 1 unspecified atom stereocenters. The smallest absolute Gasteiger partial charge is 0.387 e. The van der Waals surface area contributed by atoms with E-state index in [1.807, 2.05) is 0 Å². The van der Waals surface area contributed by atoms with Crippen LogP contribution in [-0.2, 0) is 0 Å². The van der Waals surface area contributed by atoms with Gasteiger partial charge in [-0.1, -0.05) is 29.8 Å². The van der Waals surface area contributed by atoms with E-state index in [1.165, 1.54) is 23.1 Å². The molecule has 0 saturated carbocycles. The van der Waals surface area contributed by atoms with Crippen LogP contribution in [0.25, 0.3) is 5.70 Å². The fraction of sp³-hybridized carbons (Fsp3) is 0.111. The van der Waals surface area contributed by atoms with Crippen molar-refractivity contribution in [2.24, 2.45) is 0 Å². The zero-order valence-electron chi connectivity index (χ0n) is 13.6. The molecule has 3 aromatic rings. The number of fused-ring (bicyclic) bond motifs is 1. The summed E-state index contributed by atoms with van der Waals surface area (Å²) in [6.45, 7) is -3.02. The van der Waals surface area contributed by atoms with Gasteiger partial charge in [0.05, 0.1) is 5.70 Å². The van der Waals surface area contributed by atoms with Gasteiger partial charge in [-0.15, -0.1) is 0 Å². The van der Waals surface area contributed by atoms with Gasteiger partial charge in [0.2, 0.25) is 5.95 Å². The van der Waals surface area contributed by atoms with E-state index in [-0.39, 0.29) is 10.8 Å². The first-order valence-electron chi connectivity index (χ1n) is 7.90. The van der Waals surface area contributed by atoms with Crippen LogP contribution in [0.2, 0.25) is 5.02 Å². The Bertz CT molecular complexity index is 1020. The number of rotatable bonds is 4. The molecule has 1 atom stereocenters. The Balaban J connectivity index is 1.84. The molecule has 4 rings (SSSR count). The predicted molar refractivity (Wildman–Crippen MR) is 94.2 cm³/mol. The van der Waals surface area contributed by atoms with Crippen molar-refractivity contribution in [3.05, 3.63) is 76.8 Å². The number of hydrogen-bond donors (Lipinski definition) is 1. The van der Waals surface area contributed by atoms with Crippen LogP contribution in [0, 0.1) is 5.82 Å². The number of nitrogens with one attached hydrogen (secondary N) is 1. The molecule has 1 aliphatic heterocycles. The van der Waals surface area contributed by atoms with E-state index >= 15 is 0 Å². The Labute approximate surface area is 157 Å². The van der Waals surface area contributed by atoms with Gasteiger partial charge in [-0.25, -0.2) is 9.07 Å². The summed E-state index contributed by atoms with van der Waals surface area (Å²) in [6.07, 6.45) is 2.99. The van der Waals surface area contributed by atoms with E-state index in [9.17, 15) is 13.2 Å². The number of allylic oxidation sites excluding steroid dienone is 1. The number of aromatic nitrogens is 3. The molecule has 138 valence electrons. The standard InChI is InChI=1S/C18H12ClF3N4O/c19-10-5-6-12(16(7-10)27-17(21)22)14-8-15(11-3-1-2-4-13(11)20)26-18(25-14)23-9-24-26/h1-9,15,17H,(H,23,24,25). The van der Waals surface area contributed by atoms with Crippen LogP contribution < -0.4 is 10.1 Å². The highest BCUT2D eigenvalue weighted by Crippen LogP contribution is 2.37. The molecule has 9 heteroatoms. The van der Waals surface area contributed by atoms with Crippen LogP contribution in [-0.4, -0.2) is 21.4 Å². The first-order valence-corrected chi connectivity index (χ1v) is 8.28. The van der Waals surface area contributed by atoms with Crippen molar-refractivity contribution in [2.75, 3.05) is 5.32 Å². The number of hydrogen-bond acceptors (Lipinski definition) is 4. The molecule has 2 heterocycles. The lowest BCUT2D eigenvalue weighted by molar-refractivity contribution is -0.0500. The van der Waals surface area contributed by atoms with Gasteiger partial charge in [0, 0.05) is 16.1 Å². The number of halogens is 4.